The van der Waals surface area contributed by atoms with Crippen molar-refractivity contribution in [1.29, 1.82) is 0 Å². The summed E-state index contributed by atoms with van der Waals surface area (Å²) >= 11 is 0. The molecule has 0 unspecified atom stereocenters. The molecule has 1 aromatic heterocycles. The van der Waals surface area contributed by atoms with E-state index in [1.54, 1.807) is 18.0 Å². The van der Waals surface area contributed by atoms with Crippen LogP contribution in [0.1, 0.15) is 37.1 Å². The molecule has 0 fully saturated rings. The van der Waals surface area contributed by atoms with E-state index in [-0.39, 0.29) is 17.8 Å². The van der Waals surface area contributed by atoms with Crippen molar-refractivity contribution in [3.63, 3.8) is 0 Å². The second-order valence-corrected chi connectivity index (χ2v) is 6.77. The zero-order chi connectivity index (χ0) is 17.8. The second-order valence-electron chi connectivity index (χ2n) is 6.77. The fourth-order valence-corrected chi connectivity index (χ4v) is 3.42. The van der Waals surface area contributed by atoms with Gasteiger partial charge in [-0.1, -0.05) is 12.1 Å². The number of imidazole rings is 1. The Bertz CT molecular complexity index is 730. The zero-order valence-electron chi connectivity index (χ0n) is 14.8. The van der Waals surface area contributed by atoms with Crippen LogP contribution in [0.5, 0.6) is 0 Å². The monoisotopic (exact) mass is 344 g/mol. The summed E-state index contributed by atoms with van der Waals surface area (Å²) in [5, 5.41) is 3.34. The van der Waals surface area contributed by atoms with Crippen LogP contribution in [-0.2, 0) is 17.9 Å². The number of halogens is 1. The van der Waals surface area contributed by atoms with E-state index in [9.17, 15) is 9.18 Å². The van der Waals surface area contributed by atoms with Gasteiger partial charge in [0.2, 0.25) is 5.91 Å². The molecular formula is C19H25FN4O. The van der Waals surface area contributed by atoms with Crippen molar-refractivity contribution in [3.8, 4) is 0 Å². The van der Waals surface area contributed by atoms with Crippen LogP contribution in [0.15, 0.2) is 36.7 Å². The van der Waals surface area contributed by atoms with Gasteiger partial charge in [0.25, 0.3) is 0 Å². The quantitative estimate of drug-likeness (QED) is 0.876. The van der Waals surface area contributed by atoms with Crippen LogP contribution in [0.4, 0.5) is 4.39 Å². The molecule has 0 aliphatic carbocycles. The molecule has 0 saturated heterocycles. The molecule has 0 bridgehead atoms. The third-order valence-electron chi connectivity index (χ3n) is 4.79. The fourth-order valence-electron chi connectivity index (χ4n) is 3.42. The molecule has 2 atom stereocenters. The third kappa shape index (κ3) is 4.25. The predicted molar refractivity (Wildman–Crippen MR) is 94.5 cm³/mol. The van der Waals surface area contributed by atoms with E-state index in [1.165, 1.54) is 12.1 Å². The maximum atomic E-state index is 13.3. The first kappa shape index (κ1) is 17.6. The van der Waals surface area contributed by atoms with Crippen molar-refractivity contribution in [2.75, 3.05) is 13.6 Å². The second kappa shape index (κ2) is 7.78. The average molecular weight is 344 g/mol. The van der Waals surface area contributed by atoms with Crippen molar-refractivity contribution < 1.29 is 9.18 Å². The number of nitrogens with zero attached hydrogens (tertiary/aromatic N) is 3. The van der Waals surface area contributed by atoms with Gasteiger partial charge >= 0.3 is 0 Å². The molecule has 3 rings (SSSR count). The number of aryl methyl sites for hydroxylation is 1. The Kier molecular flexibility index (Phi) is 5.48. The molecule has 0 saturated carbocycles. The molecule has 2 heterocycles. The Morgan fingerprint density at radius 3 is 3.16 bits per heavy atom. The minimum absolute atomic E-state index is 0.00316. The molecule has 1 aromatic carbocycles. The minimum Gasteiger partial charge on any atom is -0.340 e. The summed E-state index contributed by atoms with van der Waals surface area (Å²) in [7, 11) is 1.75. The van der Waals surface area contributed by atoms with Crippen molar-refractivity contribution in [3.05, 3.63) is 53.9 Å². The number of hydrogen-bond acceptors (Lipinski definition) is 3. The van der Waals surface area contributed by atoms with E-state index < -0.39 is 0 Å². The van der Waals surface area contributed by atoms with Crippen molar-refractivity contribution >= 4 is 5.91 Å². The van der Waals surface area contributed by atoms with Crippen molar-refractivity contribution in [1.82, 2.24) is 19.8 Å². The highest BCUT2D eigenvalue weighted by Crippen LogP contribution is 2.24. The predicted octanol–water partition coefficient (Wildman–Crippen LogP) is 2.54. The summed E-state index contributed by atoms with van der Waals surface area (Å²) in [5.74, 6) is 1.17. The molecule has 1 N–H and O–H groups in total. The van der Waals surface area contributed by atoms with Crippen molar-refractivity contribution in [2.24, 2.45) is 0 Å². The number of aromatic nitrogens is 2. The third-order valence-corrected chi connectivity index (χ3v) is 4.79. The molecule has 0 radical (unpaired) electrons. The Morgan fingerprint density at radius 2 is 2.36 bits per heavy atom. The number of carbonyl (C=O) groups is 1. The highest BCUT2D eigenvalue weighted by molar-refractivity contribution is 5.81. The summed E-state index contributed by atoms with van der Waals surface area (Å²) in [4.78, 5) is 18.6. The van der Waals surface area contributed by atoms with Gasteiger partial charge in [0.15, 0.2) is 0 Å². The molecule has 1 amide bonds. The molecule has 2 aromatic rings. The summed E-state index contributed by atoms with van der Waals surface area (Å²) in [6.07, 6.45) is 6.08. The molecule has 1 aliphatic rings. The number of hydrogen-bond donors (Lipinski definition) is 1. The van der Waals surface area contributed by atoms with Crippen LogP contribution >= 0.6 is 0 Å². The number of fused-ring (bicyclic) bond motifs is 1. The van der Waals surface area contributed by atoms with Gasteiger partial charge < -0.3 is 14.8 Å². The Balaban J connectivity index is 1.53. The number of carbonyl (C=O) groups excluding carboxylic acids is 1. The van der Waals surface area contributed by atoms with E-state index in [1.807, 2.05) is 25.4 Å². The van der Waals surface area contributed by atoms with Gasteiger partial charge in [-0.3, -0.25) is 4.79 Å². The number of amides is 1. The average Bonchev–Trinajstić information content (AvgIpc) is 3.08. The smallest absolute Gasteiger partial charge is 0.239 e. The first-order chi connectivity index (χ1) is 12.0. The van der Waals surface area contributed by atoms with Crippen LogP contribution in [0.2, 0.25) is 0 Å². The largest absolute Gasteiger partial charge is 0.340 e. The lowest BCUT2D eigenvalue weighted by molar-refractivity contribution is -0.132. The molecule has 1 aliphatic heterocycles. The fraction of sp³-hybridized carbons (Fsp3) is 0.474. The Morgan fingerprint density at radius 1 is 1.52 bits per heavy atom. The Labute approximate surface area is 147 Å². The summed E-state index contributed by atoms with van der Waals surface area (Å²) in [5.41, 5.74) is 0.789. The number of benzene rings is 1. The van der Waals surface area contributed by atoms with Gasteiger partial charge in [-0.2, -0.15) is 0 Å². The molecule has 6 heteroatoms. The lowest BCUT2D eigenvalue weighted by Gasteiger charge is -2.27. The van der Waals surface area contributed by atoms with Crippen LogP contribution in [0, 0.1) is 5.82 Å². The van der Waals surface area contributed by atoms with Crippen LogP contribution in [0.25, 0.3) is 0 Å². The molecule has 134 valence electrons. The maximum absolute atomic E-state index is 13.3. The standard InChI is InChI=1S/C19H25FN4O/c1-14(19(25)23(2)13-15-5-3-7-17(20)11-15)22-12-16-6-4-9-24-10-8-21-18(16)24/h3,5,7-8,10-11,14,16,22H,4,6,9,12-13H2,1-2H3/t14-,16+/m0/s1. The molecule has 0 spiro atoms. The molecule has 5 nitrogen and oxygen atoms in total. The van der Waals surface area contributed by atoms with Gasteiger partial charge in [0.1, 0.15) is 11.6 Å². The van der Waals surface area contributed by atoms with Gasteiger partial charge in [-0.05, 0) is 37.5 Å². The van der Waals surface area contributed by atoms with Gasteiger partial charge in [0.05, 0.1) is 6.04 Å². The summed E-state index contributed by atoms with van der Waals surface area (Å²) in [6, 6.07) is 6.07. The van der Waals surface area contributed by atoms with E-state index in [4.69, 9.17) is 0 Å². The highest BCUT2D eigenvalue weighted by Gasteiger charge is 2.24. The minimum atomic E-state index is -0.288. The van der Waals surface area contributed by atoms with E-state index in [2.05, 4.69) is 14.9 Å². The number of rotatable bonds is 6. The lowest BCUT2D eigenvalue weighted by atomic mass is 9.98. The normalized spacial score (nSPS) is 17.8. The first-order valence-electron chi connectivity index (χ1n) is 8.78. The van der Waals surface area contributed by atoms with Gasteiger partial charge in [-0.15, -0.1) is 0 Å². The molecular weight excluding hydrogens is 319 g/mol. The van der Waals surface area contributed by atoms with Crippen LogP contribution in [0.3, 0.4) is 0 Å². The van der Waals surface area contributed by atoms with Crippen molar-refractivity contribution in [2.45, 2.75) is 44.8 Å². The van der Waals surface area contributed by atoms with Gasteiger partial charge in [0, 0.05) is 45.0 Å². The summed E-state index contributed by atoms with van der Waals surface area (Å²) < 4.78 is 15.5. The SMILES string of the molecule is C[C@H](NC[C@H]1CCCn2ccnc21)C(=O)N(C)Cc1cccc(F)c1. The number of nitrogens with one attached hydrogen (secondary N) is 1. The topological polar surface area (TPSA) is 50.2 Å². The Hall–Kier alpha value is -2.21. The van der Waals surface area contributed by atoms with Crippen LogP contribution < -0.4 is 5.32 Å². The molecule has 25 heavy (non-hydrogen) atoms. The first-order valence-corrected chi connectivity index (χ1v) is 8.78. The summed E-state index contributed by atoms with van der Waals surface area (Å²) in [6.45, 7) is 4.03. The van der Waals surface area contributed by atoms with E-state index >= 15 is 0 Å². The zero-order valence-corrected chi connectivity index (χ0v) is 14.8. The van der Waals surface area contributed by atoms with Crippen LogP contribution in [-0.4, -0.2) is 40.0 Å². The van der Waals surface area contributed by atoms with Gasteiger partial charge in [-0.25, -0.2) is 9.37 Å². The van der Waals surface area contributed by atoms with E-state index in [0.29, 0.717) is 12.5 Å². The highest BCUT2D eigenvalue weighted by atomic mass is 19.1. The maximum Gasteiger partial charge on any atom is 0.239 e. The lowest BCUT2D eigenvalue weighted by Crippen LogP contribution is -2.44. The van der Waals surface area contributed by atoms with E-state index in [0.717, 1.165) is 37.3 Å². The number of likely N-dealkylation sites (N-methyl/N-ethyl adjacent to an activating group) is 1.